The highest BCUT2D eigenvalue weighted by molar-refractivity contribution is 7.14. The molecule has 0 aliphatic carbocycles. The predicted octanol–water partition coefficient (Wildman–Crippen LogP) is 1.83. The number of hydrogen-bond donors (Lipinski definition) is 3. The molecule has 0 saturated carbocycles. The van der Waals surface area contributed by atoms with Crippen LogP contribution in [0.4, 0.5) is 0 Å². The van der Waals surface area contributed by atoms with Crippen molar-refractivity contribution in [3.63, 3.8) is 0 Å². The zero-order chi connectivity index (χ0) is 15.3. The van der Waals surface area contributed by atoms with Crippen LogP contribution in [-0.2, 0) is 17.6 Å². The Hall–Kier alpha value is -1.40. The quantitative estimate of drug-likeness (QED) is 0.717. The monoisotopic (exact) mass is 299 g/mol. The molecule has 1 aromatic rings. The van der Waals surface area contributed by atoms with Crippen LogP contribution >= 0.6 is 11.3 Å². The van der Waals surface area contributed by atoms with E-state index in [0.29, 0.717) is 4.88 Å². The number of aliphatic hydroxyl groups is 1. The molecule has 20 heavy (non-hydrogen) atoms. The van der Waals surface area contributed by atoms with Crippen molar-refractivity contribution in [3.05, 3.63) is 21.4 Å². The van der Waals surface area contributed by atoms with Gasteiger partial charge in [-0.3, -0.25) is 4.79 Å². The Morgan fingerprint density at radius 2 is 2.05 bits per heavy atom. The van der Waals surface area contributed by atoms with Crippen molar-refractivity contribution in [2.24, 2.45) is 0 Å². The van der Waals surface area contributed by atoms with Gasteiger partial charge in [0.25, 0.3) is 5.91 Å². The van der Waals surface area contributed by atoms with Crippen molar-refractivity contribution >= 4 is 23.2 Å². The predicted molar refractivity (Wildman–Crippen MR) is 78.3 cm³/mol. The molecule has 5 nitrogen and oxygen atoms in total. The van der Waals surface area contributed by atoms with Crippen molar-refractivity contribution in [2.75, 3.05) is 6.54 Å². The van der Waals surface area contributed by atoms with E-state index in [1.807, 2.05) is 13.0 Å². The number of carboxylic acids is 1. The molecule has 0 aliphatic rings. The van der Waals surface area contributed by atoms with E-state index in [1.54, 1.807) is 0 Å². The summed E-state index contributed by atoms with van der Waals surface area (Å²) < 4.78 is 0. The molecule has 1 rings (SSSR count). The second-order valence-corrected chi connectivity index (χ2v) is 6.06. The maximum Gasteiger partial charge on any atom is 0.337 e. The van der Waals surface area contributed by atoms with E-state index >= 15 is 0 Å². The van der Waals surface area contributed by atoms with E-state index in [4.69, 9.17) is 5.11 Å². The molecule has 112 valence electrons. The topological polar surface area (TPSA) is 86.6 Å². The molecule has 0 aromatic carbocycles. The fourth-order valence-electron chi connectivity index (χ4n) is 1.73. The molecule has 0 aliphatic heterocycles. The van der Waals surface area contributed by atoms with Gasteiger partial charge in [-0.05, 0) is 31.4 Å². The highest BCUT2D eigenvalue weighted by atomic mass is 32.1. The maximum absolute atomic E-state index is 12.0. The number of nitrogens with one attached hydrogen (secondary N) is 1. The standard InChI is InChI=1S/C14H21NO4S/c1-4-6-10-9(5-2)7-11(20-10)12(16)15-8-14(3,19)13(17)18/h7,19H,4-6,8H2,1-3H3,(H,15,16)(H,17,18). The highest BCUT2D eigenvalue weighted by Gasteiger charge is 2.30. The molecule has 1 atom stereocenters. The number of carboxylic acid groups (broad SMARTS) is 1. The third kappa shape index (κ3) is 4.05. The smallest absolute Gasteiger partial charge is 0.337 e. The summed E-state index contributed by atoms with van der Waals surface area (Å²) in [6.45, 7) is 4.97. The summed E-state index contributed by atoms with van der Waals surface area (Å²) in [5, 5.41) is 20.8. The van der Waals surface area contributed by atoms with Gasteiger partial charge < -0.3 is 15.5 Å². The minimum Gasteiger partial charge on any atom is -0.479 e. The first-order valence-corrected chi connectivity index (χ1v) is 7.49. The third-order valence-electron chi connectivity index (χ3n) is 3.03. The van der Waals surface area contributed by atoms with E-state index in [2.05, 4.69) is 12.2 Å². The molecule has 0 spiro atoms. The summed E-state index contributed by atoms with van der Waals surface area (Å²) in [7, 11) is 0. The zero-order valence-corrected chi connectivity index (χ0v) is 12.8. The van der Waals surface area contributed by atoms with E-state index in [1.165, 1.54) is 16.2 Å². The largest absolute Gasteiger partial charge is 0.479 e. The normalized spacial score (nSPS) is 13.8. The maximum atomic E-state index is 12.0. The van der Waals surface area contributed by atoms with Crippen molar-refractivity contribution in [2.45, 2.75) is 45.6 Å². The lowest BCUT2D eigenvalue weighted by molar-refractivity contribution is -0.155. The van der Waals surface area contributed by atoms with Crippen LogP contribution in [0.1, 0.15) is 47.3 Å². The highest BCUT2D eigenvalue weighted by Crippen LogP contribution is 2.24. The molecule has 3 N–H and O–H groups in total. The van der Waals surface area contributed by atoms with E-state index in [0.717, 1.165) is 31.7 Å². The number of thiophene rings is 1. The fourth-order valence-corrected chi connectivity index (χ4v) is 3.00. The number of hydrogen-bond acceptors (Lipinski definition) is 4. The minimum atomic E-state index is -1.95. The lowest BCUT2D eigenvalue weighted by Crippen LogP contribution is -2.46. The number of carbonyl (C=O) groups is 2. The summed E-state index contributed by atoms with van der Waals surface area (Å²) in [5.74, 6) is -1.70. The molecular formula is C14H21NO4S. The van der Waals surface area contributed by atoms with Crippen LogP contribution in [0.15, 0.2) is 6.07 Å². The molecule has 0 radical (unpaired) electrons. The fraction of sp³-hybridized carbons (Fsp3) is 0.571. The van der Waals surface area contributed by atoms with Crippen LogP contribution in [0.2, 0.25) is 0 Å². The van der Waals surface area contributed by atoms with Crippen molar-refractivity contribution in [3.8, 4) is 0 Å². The average Bonchev–Trinajstić information content (AvgIpc) is 2.79. The van der Waals surface area contributed by atoms with Gasteiger partial charge in [0.15, 0.2) is 5.60 Å². The molecule has 1 amide bonds. The summed E-state index contributed by atoms with van der Waals surface area (Å²) in [6, 6.07) is 1.85. The van der Waals surface area contributed by atoms with Gasteiger partial charge in [0.05, 0.1) is 11.4 Å². The number of rotatable bonds is 7. The van der Waals surface area contributed by atoms with Gasteiger partial charge in [0.1, 0.15) is 0 Å². The Morgan fingerprint density at radius 3 is 2.55 bits per heavy atom. The molecule has 0 bridgehead atoms. The van der Waals surface area contributed by atoms with Crippen LogP contribution < -0.4 is 5.32 Å². The van der Waals surface area contributed by atoms with Gasteiger partial charge in [-0.1, -0.05) is 20.3 Å². The second kappa shape index (κ2) is 6.85. The van der Waals surface area contributed by atoms with Gasteiger partial charge >= 0.3 is 5.97 Å². The Labute approximate surface area is 122 Å². The van der Waals surface area contributed by atoms with Crippen molar-refractivity contribution in [1.82, 2.24) is 5.32 Å². The zero-order valence-electron chi connectivity index (χ0n) is 12.0. The van der Waals surface area contributed by atoms with Crippen LogP contribution in [0.25, 0.3) is 0 Å². The number of aryl methyl sites for hydroxylation is 2. The Morgan fingerprint density at radius 1 is 1.40 bits per heavy atom. The van der Waals surface area contributed by atoms with E-state index in [-0.39, 0.29) is 12.5 Å². The molecule has 0 fully saturated rings. The first-order chi connectivity index (χ1) is 9.31. The summed E-state index contributed by atoms with van der Waals surface area (Å²) in [5.41, 5.74) is -0.792. The number of aliphatic carboxylic acids is 1. The molecule has 1 unspecified atom stereocenters. The lowest BCUT2D eigenvalue weighted by Gasteiger charge is -2.17. The van der Waals surface area contributed by atoms with Gasteiger partial charge in [0.2, 0.25) is 0 Å². The Kier molecular flexibility index (Phi) is 5.71. The first kappa shape index (κ1) is 16.7. The average molecular weight is 299 g/mol. The Bertz CT molecular complexity index is 493. The van der Waals surface area contributed by atoms with Crippen molar-refractivity contribution in [1.29, 1.82) is 0 Å². The minimum absolute atomic E-state index is 0.316. The van der Waals surface area contributed by atoms with E-state index in [9.17, 15) is 14.7 Å². The summed E-state index contributed by atoms with van der Waals surface area (Å²) >= 11 is 1.43. The molecular weight excluding hydrogens is 278 g/mol. The SMILES string of the molecule is CCCc1sc(C(=O)NCC(C)(O)C(=O)O)cc1CC. The molecule has 1 aromatic heterocycles. The summed E-state index contributed by atoms with van der Waals surface area (Å²) in [6.07, 6.45) is 2.82. The first-order valence-electron chi connectivity index (χ1n) is 6.67. The van der Waals surface area contributed by atoms with Crippen LogP contribution in [-0.4, -0.2) is 34.2 Å². The lowest BCUT2D eigenvalue weighted by atomic mass is 10.1. The van der Waals surface area contributed by atoms with Crippen molar-refractivity contribution < 1.29 is 19.8 Å². The molecule has 0 saturated heterocycles. The van der Waals surface area contributed by atoms with Crippen LogP contribution in [0, 0.1) is 0 Å². The van der Waals surface area contributed by atoms with Crippen LogP contribution in [0.3, 0.4) is 0 Å². The van der Waals surface area contributed by atoms with Gasteiger partial charge in [0, 0.05) is 4.88 Å². The second-order valence-electron chi connectivity index (χ2n) is 4.92. The molecule has 1 heterocycles. The molecule has 6 heteroatoms. The van der Waals surface area contributed by atoms with Crippen LogP contribution in [0.5, 0.6) is 0 Å². The van der Waals surface area contributed by atoms with E-state index < -0.39 is 11.6 Å². The van der Waals surface area contributed by atoms with Gasteiger partial charge in [-0.15, -0.1) is 11.3 Å². The Balaban J connectivity index is 2.75. The third-order valence-corrected chi connectivity index (χ3v) is 4.27. The number of amides is 1. The summed E-state index contributed by atoms with van der Waals surface area (Å²) in [4.78, 5) is 24.5. The number of carbonyl (C=O) groups excluding carboxylic acids is 1. The van der Waals surface area contributed by atoms with Gasteiger partial charge in [-0.2, -0.15) is 0 Å². The van der Waals surface area contributed by atoms with Gasteiger partial charge in [-0.25, -0.2) is 4.79 Å².